The minimum Gasteiger partial charge on any atom is -0.443 e. The van der Waals surface area contributed by atoms with Crippen molar-refractivity contribution >= 4 is 18.3 Å². The summed E-state index contributed by atoms with van der Waals surface area (Å²) in [6, 6.07) is 4.66. The van der Waals surface area contributed by atoms with E-state index >= 15 is 0 Å². The van der Waals surface area contributed by atoms with Gasteiger partial charge < -0.3 is 9.05 Å². The van der Waals surface area contributed by atoms with E-state index in [0.29, 0.717) is 12.8 Å². The first-order chi connectivity index (χ1) is 9.25. The van der Waals surface area contributed by atoms with Crippen LogP contribution in [0.1, 0.15) is 25.0 Å². The number of hydrogen-bond donors (Lipinski definition) is 0. The summed E-state index contributed by atoms with van der Waals surface area (Å²) in [4.78, 5) is 0. The molecule has 1 unspecified atom stereocenters. The lowest BCUT2D eigenvalue weighted by atomic mass is 10.1. The zero-order valence-corrected chi connectivity index (χ0v) is 12.6. The normalized spacial score (nSPS) is 14.4. The zero-order valence-electron chi connectivity index (χ0n) is 10.9. The SMILES string of the molecule is CCOP(=S)(CC)Oc1ccc(C#N)c(C(F)(F)F)c1. The van der Waals surface area contributed by atoms with Gasteiger partial charge in [-0.3, -0.25) is 0 Å². The number of nitrogens with zero attached hydrogens (tertiary/aromatic N) is 1. The molecule has 0 fully saturated rings. The van der Waals surface area contributed by atoms with E-state index in [1.807, 2.05) is 0 Å². The third-order valence-electron chi connectivity index (χ3n) is 2.37. The first-order valence-electron chi connectivity index (χ1n) is 5.80. The summed E-state index contributed by atoms with van der Waals surface area (Å²) in [6.45, 7) is 1.18. The average molecular weight is 323 g/mol. The molecule has 0 aliphatic carbocycles. The van der Waals surface area contributed by atoms with Gasteiger partial charge in [-0.05, 0) is 36.9 Å². The van der Waals surface area contributed by atoms with Crippen LogP contribution >= 0.6 is 6.49 Å². The number of hydrogen-bond acceptors (Lipinski definition) is 4. The Labute approximate surface area is 120 Å². The molecule has 0 aliphatic rings. The fourth-order valence-electron chi connectivity index (χ4n) is 1.45. The fourth-order valence-corrected chi connectivity index (χ4v) is 3.22. The van der Waals surface area contributed by atoms with E-state index in [0.717, 1.165) is 12.1 Å². The van der Waals surface area contributed by atoms with E-state index in [2.05, 4.69) is 0 Å². The van der Waals surface area contributed by atoms with Crippen molar-refractivity contribution in [3.05, 3.63) is 29.3 Å². The van der Waals surface area contributed by atoms with E-state index in [1.165, 1.54) is 12.1 Å². The molecule has 20 heavy (non-hydrogen) atoms. The molecular weight excluding hydrogens is 310 g/mol. The first-order valence-corrected chi connectivity index (χ1v) is 8.62. The largest absolute Gasteiger partial charge is 0.443 e. The van der Waals surface area contributed by atoms with E-state index in [9.17, 15) is 13.2 Å². The topological polar surface area (TPSA) is 42.2 Å². The van der Waals surface area contributed by atoms with Gasteiger partial charge in [-0.2, -0.15) is 18.4 Å². The van der Waals surface area contributed by atoms with Gasteiger partial charge in [0.25, 0.3) is 0 Å². The quantitative estimate of drug-likeness (QED) is 0.757. The molecule has 0 spiro atoms. The zero-order chi connectivity index (χ0) is 15.4. The maximum Gasteiger partial charge on any atom is 0.417 e. The highest BCUT2D eigenvalue weighted by atomic mass is 32.5. The van der Waals surface area contributed by atoms with E-state index in [-0.39, 0.29) is 5.75 Å². The summed E-state index contributed by atoms with van der Waals surface area (Å²) in [5, 5.41) is 8.71. The summed E-state index contributed by atoms with van der Waals surface area (Å²) in [6.07, 6.45) is -4.22. The Morgan fingerprint density at radius 3 is 2.45 bits per heavy atom. The third-order valence-corrected chi connectivity index (χ3v) is 5.60. The van der Waals surface area contributed by atoms with Crippen LogP contribution in [0.2, 0.25) is 0 Å². The summed E-state index contributed by atoms with van der Waals surface area (Å²) < 4.78 is 49.2. The number of halogens is 3. The average Bonchev–Trinajstić information content (AvgIpc) is 2.38. The van der Waals surface area contributed by atoms with Crippen LogP contribution in [0.4, 0.5) is 13.2 Å². The van der Waals surface area contributed by atoms with Gasteiger partial charge in [0.05, 0.1) is 23.8 Å². The Bertz CT molecular complexity index is 569. The first kappa shape index (κ1) is 17.0. The molecule has 3 nitrogen and oxygen atoms in total. The van der Waals surface area contributed by atoms with Crippen LogP contribution < -0.4 is 4.52 Å². The van der Waals surface area contributed by atoms with Crippen molar-refractivity contribution in [2.24, 2.45) is 0 Å². The predicted molar refractivity (Wildman–Crippen MR) is 73.2 cm³/mol. The maximum absolute atomic E-state index is 12.8. The van der Waals surface area contributed by atoms with Crippen LogP contribution in [-0.2, 0) is 22.5 Å². The van der Waals surface area contributed by atoms with Crippen molar-refractivity contribution in [1.82, 2.24) is 0 Å². The summed E-state index contributed by atoms with van der Waals surface area (Å²) in [7, 11) is 0. The highest BCUT2D eigenvalue weighted by Crippen LogP contribution is 2.49. The number of alkyl halides is 3. The lowest BCUT2D eigenvalue weighted by Gasteiger charge is -2.21. The standard InChI is InChI=1S/C12H13F3NO2PS/c1-3-17-19(20,4-2)18-10-6-5-9(8-16)11(7-10)12(13,14)15/h5-7H,3-4H2,1-2H3. The van der Waals surface area contributed by atoms with Gasteiger partial charge in [-0.25, -0.2) is 0 Å². The Hall–Kier alpha value is -1.09. The van der Waals surface area contributed by atoms with Crippen molar-refractivity contribution in [1.29, 1.82) is 5.26 Å². The number of nitriles is 1. The van der Waals surface area contributed by atoms with E-state index in [4.69, 9.17) is 26.1 Å². The van der Waals surface area contributed by atoms with Crippen molar-refractivity contribution in [3.8, 4) is 11.8 Å². The molecule has 1 atom stereocenters. The highest BCUT2D eigenvalue weighted by molar-refractivity contribution is 8.10. The van der Waals surface area contributed by atoms with Gasteiger partial charge in [-0.15, -0.1) is 0 Å². The maximum atomic E-state index is 12.8. The molecular formula is C12H13F3NO2PS. The Morgan fingerprint density at radius 2 is 2.00 bits per heavy atom. The summed E-state index contributed by atoms with van der Waals surface area (Å²) in [5.41, 5.74) is -1.49. The van der Waals surface area contributed by atoms with Crippen LogP contribution in [0.3, 0.4) is 0 Å². The van der Waals surface area contributed by atoms with Gasteiger partial charge in [0.2, 0.25) is 6.49 Å². The lowest BCUT2D eigenvalue weighted by molar-refractivity contribution is -0.137. The molecule has 0 bridgehead atoms. The second-order valence-corrected chi connectivity index (χ2v) is 7.72. The van der Waals surface area contributed by atoms with Crippen molar-refractivity contribution in [2.45, 2.75) is 20.0 Å². The van der Waals surface area contributed by atoms with Gasteiger partial charge in [-0.1, -0.05) is 6.92 Å². The van der Waals surface area contributed by atoms with Crippen LogP contribution in [0.25, 0.3) is 0 Å². The Kier molecular flexibility index (Phi) is 5.58. The van der Waals surface area contributed by atoms with Crippen LogP contribution in [0.5, 0.6) is 5.75 Å². The molecule has 0 amide bonds. The van der Waals surface area contributed by atoms with Crippen molar-refractivity contribution in [3.63, 3.8) is 0 Å². The minimum atomic E-state index is -4.62. The monoisotopic (exact) mass is 323 g/mol. The highest BCUT2D eigenvalue weighted by Gasteiger charge is 2.34. The fraction of sp³-hybridized carbons (Fsp3) is 0.417. The minimum absolute atomic E-state index is 0.0324. The number of benzene rings is 1. The van der Waals surface area contributed by atoms with Crippen molar-refractivity contribution in [2.75, 3.05) is 12.8 Å². The van der Waals surface area contributed by atoms with Crippen molar-refractivity contribution < 1.29 is 22.2 Å². The molecule has 0 N–H and O–H groups in total. The number of rotatable bonds is 5. The third kappa shape index (κ3) is 4.20. The molecule has 0 radical (unpaired) electrons. The Balaban J connectivity index is 3.17. The molecule has 1 aromatic rings. The van der Waals surface area contributed by atoms with E-state index in [1.54, 1.807) is 13.8 Å². The molecule has 1 aromatic carbocycles. The molecule has 8 heteroatoms. The molecule has 0 heterocycles. The van der Waals surface area contributed by atoms with Gasteiger partial charge >= 0.3 is 6.18 Å². The predicted octanol–water partition coefficient (Wildman–Crippen LogP) is 4.32. The van der Waals surface area contributed by atoms with Crippen LogP contribution in [0, 0.1) is 11.3 Å². The molecule has 1 rings (SSSR count). The summed E-state index contributed by atoms with van der Waals surface area (Å²) >= 11 is 5.20. The molecule has 0 aliphatic heterocycles. The lowest BCUT2D eigenvalue weighted by Crippen LogP contribution is -2.08. The van der Waals surface area contributed by atoms with Gasteiger partial charge in [0, 0.05) is 6.16 Å². The van der Waals surface area contributed by atoms with Crippen LogP contribution in [0.15, 0.2) is 18.2 Å². The molecule has 0 aromatic heterocycles. The molecule has 110 valence electrons. The van der Waals surface area contributed by atoms with Gasteiger partial charge in [0.1, 0.15) is 5.75 Å². The second kappa shape index (κ2) is 6.57. The van der Waals surface area contributed by atoms with E-state index < -0.39 is 23.8 Å². The van der Waals surface area contributed by atoms with Crippen LogP contribution in [-0.4, -0.2) is 12.8 Å². The summed E-state index contributed by atoms with van der Waals surface area (Å²) in [5.74, 6) is -0.0324. The van der Waals surface area contributed by atoms with Gasteiger partial charge in [0.15, 0.2) is 0 Å². The molecule has 0 saturated heterocycles. The molecule has 0 saturated carbocycles. The second-order valence-electron chi connectivity index (χ2n) is 3.75. The smallest absolute Gasteiger partial charge is 0.417 e. The Morgan fingerprint density at radius 1 is 1.35 bits per heavy atom.